The third-order valence-electron chi connectivity index (χ3n) is 2.99. The maximum absolute atomic E-state index is 11.9. The van der Waals surface area contributed by atoms with Gasteiger partial charge in [0.25, 0.3) is 0 Å². The van der Waals surface area contributed by atoms with Crippen molar-refractivity contribution in [1.82, 2.24) is 25.0 Å². The van der Waals surface area contributed by atoms with Gasteiger partial charge in [-0.3, -0.25) is 4.68 Å². The number of benzene rings is 1. The first-order valence-corrected chi connectivity index (χ1v) is 7.14. The molecule has 1 aromatic heterocycles. The zero-order valence-corrected chi connectivity index (χ0v) is 13.2. The molecule has 0 aliphatic heterocycles. The van der Waals surface area contributed by atoms with Gasteiger partial charge in [-0.05, 0) is 24.3 Å². The van der Waals surface area contributed by atoms with Crippen molar-refractivity contribution in [2.24, 2.45) is 7.05 Å². The van der Waals surface area contributed by atoms with Gasteiger partial charge in [-0.1, -0.05) is 11.6 Å². The van der Waals surface area contributed by atoms with E-state index in [9.17, 15) is 4.79 Å². The second kappa shape index (κ2) is 7.65. The Kier molecular flexibility index (Phi) is 5.60. The second-order valence-electron chi connectivity index (χ2n) is 4.69. The zero-order valence-electron chi connectivity index (χ0n) is 12.5. The fourth-order valence-electron chi connectivity index (χ4n) is 1.74. The van der Waals surface area contributed by atoms with Gasteiger partial charge in [-0.2, -0.15) is 5.10 Å². The van der Waals surface area contributed by atoms with E-state index in [1.165, 1.54) is 11.2 Å². The molecule has 0 aliphatic rings. The summed E-state index contributed by atoms with van der Waals surface area (Å²) in [5, 5.41) is 7.39. The molecule has 2 rings (SSSR count). The molecule has 8 heteroatoms. The highest BCUT2D eigenvalue weighted by atomic mass is 35.5. The number of hydrogen-bond acceptors (Lipinski definition) is 4. The van der Waals surface area contributed by atoms with E-state index in [0.717, 1.165) is 5.82 Å². The number of carbonyl (C=O) groups excluding carboxylic acids is 1. The quantitative estimate of drug-likeness (QED) is 0.821. The van der Waals surface area contributed by atoms with Crippen molar-refractivity contribution in [1.29, 1.82) is 0 Å². The normalized spacial score (nSPS) is 10.3. The monoisotopic (exact) mass is 323 g/mol. The summed E-state index contributed by atoms with van der Waals surface area (Å²) in [5.74, 6) is 1.43. The van der Waals surface area contributed by atoms with Crippen molar-refractivity contribution in [2.45, 2.75) is 6.54 Å². The molecule has 118 valence electrons. The number of aromatic nitrogens is 3. The maximum atomic E-state index is 11.9. The number of aryl methyl sites for hydroxylation is 1. The van der Waals surface area contributed by atoms with Gasteiger partial charge in [0.15, 0.2) is 0 Å². The summed E-state index contributed by atoms with van der Waals surface area (Å²) >= 11 is 5.79. The molecule has 0 saturated heterocycles. The first-order chi connectivity index (χ1) is 10.6. The molecule has 0 unspecified atom stereocenters. The molecule has 2 aromatic rings. The van der Waals surface area contributed by atoms with Gasteiger partial charge in [0.05, 0.1) is 13.1 Å². The Morgan fingerprint density at radius 1 is 1.41 bits per heavy atom. The highest BCUT2D eigenvalue weighted by Gasteiger charge is 2.11. The molecule has 0 saturated carbocycles. The molecule has 0 aliphatic carbocycles. The van der Waals surface area contributed by atoms with E-state index in [1.54, 1.807) is 43.0 Å². The van der Waals surface area contributed by atoms with Gasteiger partial charge in [-0.15, -0.1) is 0 Å². The number of nitrogens with one attached hydrogen (secondary N) is 1. The largest absolute Gasteiger partial charge is 0.492 e. The Labute approximate surface area is 133 Å². The lowest BCUT2D eigenvalue weighted by Crippen LogP contribution is -2.39. The van der Waals surface area contributed by atoms with Crippen molar-refractivity contribution in [2.75, 3.05) is 20.2 Å². The number of hydrogen-bond donors (Lipinski definition) is 1. The molecule has 1 aromatic carbocycles. The third-order valence-corrected chi connectivity index (χ3v) is 3.24. The van der Waals surface area contributed by atoms with E-state index >= 15 is 0 Å². The summed E-state index contributed by atoms with van der Waals surface area (Å²) in [6, 6.07) is 6.88. The van der Waals surface area contributed by atoms with Gasteiger partial charge in [0, 0.05) is 19.1 Å². The summed E-state index contributed by atoms with van der Waals surface area (Å²) in [6.45, 7) is 1.18. The maximum Gasteiger partial charge on any atom is 0.317 e. The molecule has 7 nitrogen and oxygen atoms in total. The van der Waals surface area contributed by atoms with Crippen LogP contribution in [-0.4, -0.2) is 45.9 Å². The molecule has 0 spiro atoms. The van der Waals surface area contributed by atoms with Crippen LogP contribution < -0.4 is 10.1 Å². The Balaban J connectivity index is 1.69. The standard InChI is InChI=1S/C14H18ClN5O2/c1-19(9-13-17-10-18-20(13)2)14(21)16-7-8-22-12-5-3-11(15)4-6-12/h3-6,10H,7-9H2,1-2H3,(H,16,21). The summed E-state index contributed by atoms with van der Waals surface area (Å²) in [4.78, 5) is 17.5. The number of ether oxygens (including phenoxy) is 1. The molecule has 0 atom stereocenters. The molecule has 22 heavy (non-hydrogen) atoms. The van der Waals surface area contributed by atoms with E-state index in [0.29, 0.717) is 30.5 Å². The molecule has 0 fully saturated rings. The van der Waals surface area contributed by atoms with Gasteiger partial charge in [0.2, 0.25) is 0 Å². The number of amides is 2. The zero-order chi connectivity index (χ0) is 15.9. The Morgan fingerprint density at radius 2 is 2.14 bits per heavy atom. The van der Waals surface area contributed by atoms with Gasteiger partial charge >= 0.3 is 6.03 Å². The summed E-state index contributed by atoms with van der Waals surface area (Å²) in [6.07, 6.45) is 1.46. The molecular formula is C14H18ClN5O2. The number of nitrogens with zero attached hydrogens (tertiary/aromatic N) is 4. The lowest BCUT2D eigenvalue weighted by molar-refractivity contribution is 0.202. The van der Waals surface area contributed by atoms with Crippen molar-refractivity contribution >= 4 is 17.6 Å². The fraction of sp³-hybridized carbons (Fsp3) is 0.357. The van der Waals surface area contributed by atoms with Crippen molar-refractivity contribution in [3.05, 3.63) is 41.4 Å². The van der Waals surface area contributed by atoms with Crippen molar-refractivity contribution in [3.63, 3.8) is 0 Å². The van der Waals surface area contributed by atoms with Gasteiger partial charge < -0.3 is 15.0 Å². The number of halogens is 1. The summed E-state index contributed by atoms with van der Waals surface area (Å²) in [5.41, 5.74) is 0. The average Bonchev–Trinajstić information content (AvgIpc) is 2.90. The van der Waals surface area contributed by atoms with E-state index in [2.05, 4.69) is 15.4 Å². The minimum Gasteiger partial charge on any atom is -0.492 e. The van der Waals surface area contributed by atoms with E-state index in [1.807, 2.05) is 0 Å². The van der Waals surface area contributed by atoms with Gasteiger partial charge in [-0.25, -0.2) is 9.78 Å². The van der Waals surface area contributed by atoms with Crippen LogP contribution >= 0.6 is 11.6 Å². The van der Waals surface area contributed by atoms with Crippen LogP contribution in [0.1, 0.15) is 5.82 Å². The minimum absolute atomic E-state index is 0.192. The Morgan fingerprint density at radius 3 is 2.77 bits per heavy atom. The lowest BCUT2D eigenvalue weighted by atomic mass is 10.3. The number of rotatable bonds is 6. The molecule has 0 radical (unpaired) electrons. The van der Waals surface area contributed by atoms with Crippen LogP contribution in [0.4, 0.5) is 4.79 Å². The topological polar surface area (TPSA) is 72.3 Å². The number of carbonyl (C=O) groups is 1. The Bertz CT molecular complexity index is 614. The number of urea groups is 1. The minimum atomic E-state index is -0.192. The smallest absolute Gasteiger partial charge is 0.317 e. The predicted molar refractivity (Wildman–Crippen MR) is 82.8 cm³/mol. The molecule has 2 amide bonds. The third kappa shape index (κ3) is 4.63. The van der Waals surface area contributed by atoms with Crippen LogP contribution in [0, 0.1) is 0 Å². The highest BCUT2D eigenvalue weighted by Crippen LogP contribution is 2.15. The predicted octanol–water partition coefficient (Wildman–Crippen LogP) is 1.69. The van der Waals surface area contributed by atoms with Crippen molar-refractivity contribution in [3.8, 4) is 5.75 Å². The van der Waals surface area contributed by atoms with Crippen LogP contribution in [0.15, 0.2) is 30.6 Å². The van der Waals surface area contributed by atoms with Crippen LogP contribution in [0.5, 0.6) is 5.75 Å². The molecular weight excluding hydrogens is 306 g/mol. The van der Waals surface area contributed by atoms with Crippen molar-refractivity contribution < 1.29 is 9.53 Å². The van der Waals surface area contributed by atoms with Crippen LogP contribution in [0.2, 0.25) is 5.02 Å². The van der Waals surface area contributed by atoms with E-state index < -0.39 is 0 Å². The van der Waals surface area contributed by atoms with E-state index in [-0.39, 0.29) is 6.03 Å². The molecule has 0 bridgehead atoms. The van der Waals surface area contributed by atoms with E-state index in [4.69, 9.17) is 16.3 Å². The highest BCUT2D eigenvalue weighted by molar-refractivity contribution is 6.30. The average molecular weight is 324 g/mol. The van der Waals surface area contributed by atoms with Crippen LogP contribution in [0.3, 0.4) is 0 Å². The van der Waals surface area contributed by atoms with Gasteiger partial charge in [0.1, 0.15) is 24.5 Å². The van der Waals surface area contributed by atoms with Crippen LogP contribution in [0.25, 0.3) is 0 Å². The molecule has 1 heterocycles. The lowest BCUT2D eigenvalue weighted by Gasteiger charge is -2.17. The Hall–Kier alpha value is -2.28. The molecule has 1 N–H and O–H groups in total. The SMILES string of the molecule is CN(Cc1ncnn1C)C(=O)NCCOc1ccc(Cl)cc1. The summed E-state index contributed by atoms with van der Waals surface area (Å²) < 4.78 is 7.13. The first kappa shape index (κ1) is 16.1. The van der Waals surface area contributed by atoms with Crippen LogP contribution in [-0.2, 0) is 13.6 Å². The fourth-order valence-corrected chi connectivity index (χ4v) is 1.87. The summed E-state index contributed by atoms with van der Waals surface area (Å²) in [7, 11) is 3.48. The second-order valence-corrected chi connectivity index (χ2v) is 5.13. The first-order valence-electron chi connectivity index (χ1n) is 6.76.